The molecule has 23 heavy (non-hydrogen) atoms. The van der Waals surface area contributed by atoms with Crippen LogP contribution < -0.4 is 11.1 Å². The molecule has 0 spiro atoms. The van der Waals surface area contributed by atoms with Crippen LogP contribution in [0.25, 0.3) is 0 Å². The van der Waals surface area contributed by atoms with Crippen LogP contribution in [-0.4, -0.2) is 36.4 Å². The van der Waals surface area contributed by atoms with E-state index in [1.165, 1.54) is 13.3 Å². The fourth-order valence-electron chi connectivity index (χ4n) is 1.81. The Balaban J connectivity index is 3.15. The van der Waals surface area contributed by atoms with E-state index in [9.17, 15) is 9.59 Å². The number of carbonyl (C=O) groups excluding carboxylic acids is 2. The molecule has 0 heterocycles. The second-order valence-electron chi connectivity index (χ2n) is 5.07. The number of rotatable bonds is 7. The minimum absolute atomic E-state index is 0.165. The first kappa shape index (κ1) is 19.4. The third-order valence-corrected chi connectivity index (χ3v) is 4.45. The predicted octanol–water partition coefficient (Wildman–Crippen LogP) is 2.72. The first-order valence-electron chi connectivity index (χ1n) is 6.86. The molecule has 0 saturated carbocycles. The van der Waals surface area contributed by atoms with E-state index in [2.05, 4.69) is 31.2 Å². The molecule has 0 aliphatic rings. The van der Waals surface area contributed by atoms with Crippen molar-refractivity contribution in [3.8, 4) is 0 Å². The van der Waals surface area contributed by atoms with Gasteiger partial charge in [0.2, 0.25) is 0 Å². The minimum atomic E-state index is -1.02. The van der Waals surface area contributed by atoms with Crippen molar-refractivity contribution in [2.75, 3.05) is 18.7 Å². The summed E-state index contributed by atoms with van der Waals surface area (Å²) in [5.74, 6) is -0.812. The Bertz CT molecular complexity index is 637. The van der Waals surface area contributed by atoms with E-state index in [1.807, 2.05) is 0 Å². The van der Waals surface area contributed by atoms with Gasteiger partial charge in [0.05, 0.1) is 23.3 Å². The van der Waals surface area contributed by atoms with E-state index in [-0.39, 0.29) is 11.7 Å². The number of hydrogen-bond donors (Lipinski definition) is 2. The lowest BCUT2D eigenvalue weighted by atomic mass is 9.93. The molecule has 0 radical (unpaired) electrons. The van der Waals surface area contributed by atoms with Gasteiger partial charge in [-0.15, -0.1) is 11.6 Å². The molecule has 1 unspecified atom stereocenters. The lowest BCUT2D eigenvalue weighted by Crippen LogP contribution is -2.52. The van der Waals surface area contributed by atoms with E-state index in [0.717, 1.165) is 0 Å². The fourth-order valence-corrected chi connectivity index (χ4v) is 2.58. The lowest BCUT2D eigenvalue weighted by Gasteiger charge is -2.27. The Hall–Kier alpha value is -1.60. The molecule has 1 aromatic rings. The normalized spacial score (nSPS) is 13.6. The van der Waals surface area contributed by atoms with Crippen molar-refractivity contribution in [3.63, 3.8) is 0 Å². The van der Waals surface area contributed by atoms with Gasteiger partial charge in [0.15, 0.2) is 5.78 Å². The number of hydrogen-bond acceptors (Lipinski definition) is 5. The van der Waals surface area contributed by atoms with Crippen molar-refractivity contribution in [1.82, 2.24) is 5.32 Å². The number of oxime groups is 1. The number of anilines is 1. The summed E-state index contributed by atoms with van der Waals surface area (Å²) in [5.41, 5.74) is 6.19. The number of nitrogens with two attached hydrogens (primary N) is 1. The van der Waals surface area contributed by atoms with Gasteiger partial charge in [0, 0.05) is 15.6 Å². The topological polar surface area (TPSA) is 93.8 Å². The maximum absolute atomic E-state index is 12.5. The summed E-state index contributed by atoms with van der Waals surface area (Å²) >= 11 is 8.92. The van der Waals surface area contributed by atoms with E-state index in [0.29, 0.717) is 27.7 Å². The van der Waals surface area contributed by atoms with Crippen LogP contribution >= 0.6 is 27.5 Å². The minimum Gasteiger partial charge on any atom is -0.399 e. The van der Waals surface area contributed by atoms with Gasteiger partial charge in [-0.3, -0.25) is 9.59 Å². The molecule has 8 heteroatoms. The number of benzene rings is 1. The Morgan fingerprint density at radius 3 is 2.70 bits per heavy atom. The number of carbonyl (C=O) groups is 2. The third kappa shape index (κ3) is 4.68. The monoisotopic (exact) mass is 403 g/mol. The molecule has 0 aliphatic heterocycles. The molecule has 1 rings (SSSR count). The standard InChI is InChI=1S/C15H19BrClN3O3/c1-4-15(2,12(21)7-17)20-14(22)9-5-10(8-19-23-3)13(18)11(16)6-9/h5-6,8H,4,7,18H2,1-3H3,(H,20,22). The molecule has 1 aromatic carbocycles. The van der Waals surface area contributed by atoms with Gasteiger partial charge in [0.1, 0.15) is 7.11 Å². The van der Waals surface area contributed by atoms with Gasteiger partial charge in [-0.1, -0.05) is 12.1 Å². The molecule has 3 N–H and O–H groups in total. The maximum Gasteiger partial charge on any atom is 0.252 e. The van der Waals surface area contributed by atoms with Gasteiger partial charge in [-0.2, -0.15) is 0 Å². The highest BCUT2D eigenvalue weighted by Gasteiger charge is 2.32. The summed E-state index contributed by atoms with van der Waals surface area (Å²) in [6.45, 7) is 3.45. The highest BCUT2D eigenvalue weighted by atomic mass is 79.9. The Morgan fingerprint density at radius 1 is 1.52 bits per heavy atom. The number of halogens is 2. The molecule has 1 amide bonds. The molecular weight excluding hydrogens is 386 g/mol. The average Bonchev–Trinajstić information content (AvgIpc) is 2.54. The highest BCUT2D eigenvalue weighted by Crippen LogP contribution is 2.25. The number of nitrogens with one attached hydrogen (secondary N) is 1. The molecule has 6 nitrogen and oxygen atoms in total. The van der Waals surface area contributed by atoms with Gasteiger partial charge >= 0.3 is 0 Å². The van der Waals surface area contributed by atoms with Crippen molar-refractivity contribution >= 4 is 51.1 Å². The smallest absolute Gasteiger partial charge is 0.252 e. The van der Waals surface area contributed by atoms with Gasteiger partial charge in [0.25, 0.3) is 5.91 Å². The van der Waals surface area contributed by atoms with E-state index in [1.54, 1.807) is 26.0 Å². The van der Waals surface area contributed by atoms with Crippen LogP contribution in [0.2, 0.25) is 0 Å². The molecule has 126 valence electrons. The summed E-state index contributed by atoms with van der Waals surface area (Å²) in [4.78, 5) is 29.1. The number of nitrogens with zero attached hydrogens (tertiary/aromatic N) is 1. The SMILES string of the molecule is CCC(C)(NC(=O)c1cc(Br)c(N)c(C=NOC)c1)C(=O)CCl. The van der Waals surface area contributed by atoms with Crippen LogP contribution in [0.15, 0.2) is 21.8 Å². The van der Waals surface area contributed by atoms with E-state index < -0.39 is 11.4 Å². The number of amides is 1. The van der Waals surface area contributed by atoms with Gasteiger partial charge < -0.3 is 15.9 Å². The molecule has 0 saturated heterocycles. The molecule has 0 aliphatic carbocycles. The van der Waals surface area contributed by atoms with Crippen molar-refractivity contribution in [2.24, 2.45) is 5.16 Å². The Labute approximate surface area is 148 Å². The van der Waals surface area contributed by atoms with E-state index in [4.69, 9.17) is 17.3 Å². The van der Waals surface area contributed by atoms with Crippen molar-refractivity contribution in [2.45, 2.75) is 25.8 Å². The van der Waals surface area contributed by atoms with Gasteiger partial charge in [-0.25, -0.2) is 0 Å². The first-order chi connectivity index (χ1) is 10.8. The fraction of sp³-hybridized carbons (Fsp3) is 0.400. The second kappa shape index (κ2) is 8.31. The maximum atomic E-state index is 12.5. The van der Waals surface area contributed by atoms with Crippen LogP contribution in [0.4, 0.5) is 5.69 Å². The predicted molar refractivity (Wildman–Crippen MR) is 95.0 cm³/mol. The quantitative estimate of drug-likeness (QED) is 0.316. The average molecular weight is 405 g/mol. The van der Waals surface area contributed by atoms with Crippen molar-refractivity contribution in [3.05, 3.63) is 27.7 Å². The lowest BCUT2D eigenvalue weighted by molar-refractivity contribution is -0.122. The van der Waals surface area contributed by atoms with Crippen LogP contribution in [0, 0.1) is 0 Å². The van der Waals surface area contributed by atoms with Crippen molar-refractivity contribution in [1.29, 1.82) is 0 Å². The Kier molecular flexibility index (Phi) is 7.02. The van der Waals surface area contributed by atoms with Crippen LogP contribution in [0.1, 0.15) is 36.2 Å². The number of nitrogen functional groups attached to an aromatic ring is 1. The van der Waals surface area contributed by atoms with Crippen molar-refractivity contribution < 1.29 is 14.4 Å². The number of ketones is 1. The molecule has 0 fully saturated rings. The molecule has 1 atom stereocenters. The van der Waals surface area contributed by atoms with E-state index >= 15 is 0 Å². The highest BCUT2D eigenvalue weighted by molar-refractivity contribution is 9.10. The summed E-state index contributed by atoms with van der Waals surface area (Å²) < 4.78 is 0.546. The summed E-state index contributed by atoms with van der Waals surface area (Å²) in [6.07, 6.45) is 1.83. The summed E-state index contributed by atoms with van der Waals surface area (Å²) in [5, 5.41) is 6.38. The second-order valence-corrected chi connectivity index (χ2v) is 6.20. The number of Topliss-reactive ketones (excluding diaryl/α,β-unsaturated/α-hetero) is 1. The zero-order chi connectivity index (χ0) is 17.6. The largest absolute Gasteiger partial charge is 0.399 e. The molecule has 0 aromatic heterocycles. The first-order valence-corrected chi connectivity index (χ1v) is 8.19. The zero-order valence-corrected chi connectivity index (χ0v) is 15.5. The van der Waals surface area contributed by atoms with Crippen LogP contribution in [0.3, 0.4) is 0 Å². The van der Waals surface area contributed by atoms with Crippen LogP contribution in [-0.2, 0) is 9.63 Å². The molecular formula is C15H19BrClN3O3. The van der Waals surface area contributed by atoms with Gasteiger partial charge in [-0.05, 0) is 41.4 Å². The third-order valence-electron chi connectivity index (χ3n) is 3.55. The Morgan fingerprint density at radius 2 is 2.17 bits per heavy atom. The number of alkyl halides is 1. The van der Waals surface area contributed by atoms with Crippen LogP contribution in [0.5, 0.6) is 0 Å². The molecule has 0 bridgehead atoms. The summed E-state index contributed by atoms with van der Waals surface area (Å²) in [7, 11) is 1.41. The summed E-state index contributed by atoms with van der Waals surface area (Å²) in [6, 6.07) is 3.15. The zero-order valence-electron chi connectivity index (χ0n) is 13.2.